The van der Waals surface area contributed by atoms with Gasteiger partial charge in [-0.1, -0.05) is 44.2 Å². The smallest absolute Gasteiger partial charge is 0.408 e. The summed E-state index contributed by atoms with van der Waals surface area (Å²) in [5.74, 6) is -12.2. The molecule has 1 aromatic rings. The summed E-state index contributed by atoms with van der Waals surface area (Å²) in [5, 5.41) is 15.0. The number of aliphatic carboxylic acids is 1. The van der Waals surface area contributed by atoms with E-state index in [1.54, 1.807) is 52.8 Å². The molecule has 4 amide bonds. The van der Waals surface area contributed by atoms with E-state index in [1.165, 1.54) is 22.3 Å². The lowest BCUT2D eigenvalue weighted by Gasteiger charge is -2.32. The molecule has 0 aliphatic carbocycles. The van der Waals surface area contributed by atoms with Crippen molar-refractivity contribution in [3.63, 3.8) is 0 Å². The van der Waals surface area contributed by atoms with Gasteiger partial charge in [0.15, 0.2) is 0 Å². The number of likely N-dealkylation sites (tertiary alicyclic amines) is 1. The third kappa shape index (κ3) is 9.48. The van der Waals surface area contributed by atoms with Crippen LogP contribution in [0.1, 0.15) is 53.0 Å². The van der Waals surface area contributed by atoms with E-state index in [2.05, 4.69) is 10.6 Å². The van der Waals surface area contributed by atoms with E-state index < -0.39 is 84.1 Å². The van der Waals surface area contributed by atoms with Crippen molar-refractivity contribution in [2.24, 2.45) is 5.92 Å². The Bertz CT molecular complexity index is 1170. The van der Waals surface area contributed by atoms with Crippen LogP contribution in [-0.2, 0) is 35.1 Å². The molecule has 232 valence electrons. The molecule has 0 spiro atoms. The van der Waals surface area contributed by atoms with Crippen LogP contribution in [0, 0.1) is 5.92 Å². The highest BCUT2D eigenvalue weighted by atomic mass is 19.3. The van der Waals surface area contributed by atoms with Gasteiger partial charge in [-0.25, -0.2) is 4.79 Å². The molecule has 0 saturated carbocycles. The number of nitrogens with one attached hydrogen (secondary N) is 3. The van der Waals surface area contributed by atoms with Crippen LogP contribution >= 0.6 is 0 Å². The number of carboxylic acids is 1. The molecule has 42 heavy (non-hydrogen) atoms. The second-order valence-electron chi connectivity index (χ2n) is 11.3. The molecule has 3 atom stereocenters. The Morgan fingerprint density at radius 2 is 1.67 bits per heavy atom. The van der Waals surface area contributed by atoms with Crippen molar-refractivity contribution in [1.82, 2.24) is 20.9 Å². The Labute approximate surface area is 242 Å². The number of ketones is 1. The lowest BCUT2D eigenvalue weighted by molar-refractivity contribution is -0.161. The monoisotopic (exact) mass is 596 g/mol. The molecule has 0 radical (unpaired) electrons. The molecule has 0 aromatic heterocycles. The van der Waals surface area contributed by atoms with Crippen molar-refractivity contribution in [1.29, 1.82) is 0 Å². The zero-order chi connectivity index (χ0) is 31.8. The van der Waals surface area contributed by atoms with E-state index >= 15 is 0 Å². The number of Topliss-reactive ketones (excluding diaryl/α,β-unsaturated/α-hetero) is 1. The minimum atomic E-state index is -4.66. The molecule has 1 fully saturated rings. The minimum Gasteiger partial charge on any atom is -0.480 e. The minimum absolute atomic E-state index is 0.140. The van der Waals surface area contributed by atoms with Crippen molar-refractivity contribution in [2.45, 2.75) is 83.5 Å². The SMILES string of the molecule is CC(C)[C@H](NC(=O)OC(C)(C)C)C(=O)N1CCC[C@H]1C(=O)N[C@@H](Cc1ccccc1)C(=O)C(F)(F)C(=O)NCC(=O)O. The van der Waals surface area contributed by atoms with Crippen molar-refractivity contribution in [2.75, 3.05) is 13.1 Å². The normalized spacial score (nSPS) is 16.8. The number of carbonyl (C=O) groups is 6. The predicted molar refractivity (Wildman–Crippen MR) is 145 cm³/mol. The van der Waals surface area contributed by atoms with Gasteiger partial charge in [0.25, 0.3) is 5.91 Å². The summed E-state index contributed by atoms with van der Waals surface area (Å²) in [6.07, 6.45) is -0.669. The van der Waals surface area contributed by atoms with Crippen molar-refractivity contribution >= 4 is 35.6 Å². The van der Waals surface area contributed by atoms with E-state index in [0.29, 0.717) is 12.0 Å². The summed E-state index contributed by atoms with van der Waals surface area (Å²) in [7, 11) is 0. The van der Waals surface area contributed by atoms with Crippen LogP contribution in [0.4, 0.5) is 13.6 Å². The third-order valence-corrected chi connectivity index (χ3v) is 6.35. The largest absolute Gasteiger partial charge is 0.480 e. The fourth-order valence-corrected chi connectivity index (χ4v) is 4.35. The highest BCUT2D eigenvalue weighted by Gasteiger charge is 2.51. The molecule has 1 aromatic carbocycles. The summed E-state index contributed by atoms with van der Waals surface area (Å²) in [6, 6.07) is 3.84. The second kappa shape index (κ2) is 14.2. The first-order valence-corrected chi connectivity index (χ1v) is 13.5. The van der Waals surface area contributed by atoms with Gasteiger partial charge in [-0.15, -0.1) is 0 Å². The first kappa shape index (κ1) is 34.1. The second-order valence-corrected chi connectivity index (χ2v) is 11.3. The van der Waals surface area contributed by atoms with E-state index in [-0.39, 0.29) is 13.0 Å². The summed E-state index contributed by atoms with van der Waals surface area (Å²) in [4.78, 5) is 76.1. The predicted octanol–water partition coefficient (Wildman–Crippen LogP) is 1.66. The average molecular weight is 597 g/mol. The zero-order valence-corrected chi connectivity index (χ0v) is 24.2. The van der Waals surface area contributed by atoms with Gasteiger partial charge in [-0.05, 0) is 45.1 Å². The van der Waals surface area contributed by atoms with Crippen LogP contribution in [0.5, 0.6) is 0 Å². The molecular formula is C28H38F2N4O8. The van der Waals surface area contributed by atoms with Crippen LogP contribution in [-0.4, -0.2) is 88.3 Å². The Balaban J connectivity index is 2.28. The van der Waals surface area contributed by atoms with Crippen LogP contribution in [0.25, 0.3) is 0 Å². The third-order valence-electron chi connectivity index (χ3n) is 6.35. The van der Waals surface area contributed by atoms with Gasteiger partial charge in [-0.2, -0.15) is 8.78 Å². The van der Waals surface area contributed by atoms with E-state index in [1.807, 2.05) is 0 Å². The average Bonchev–Trinajstić information content (AvgIpc) is 3.38. The van der Waals surface area contributed by atoms with Gasteiger partial charge in [-0.3, -0.25) is 24.0 Å². The van der Waals surface area contributed by atoms with Crippen LogP contribution < -0.4 is 16.0 Å². The molecule has 1 heterocycles. The number of alkyl halides is 2. The summed E-state index contributed by atoms with van der Waals surface area (Å²) in [6.45, 7) is 7.37. The summed E-state index contributed by atoms with van der Waals surface area (Å²) < 4.78 is 35.0. The molecule has 1 saturated heterocycles. The number of amides is 4. The van der Waals surface area contributed by atoms with E-state index in [9.17, 15) is 37.5 Å². The maximum Gasteiger partial charge on any atom is 0.408 e. The number of rotatable bonds is 12. The zero-order valence-electron chi connectivity index (χ0n) is 24.2. The van der Waals surface area contributed by atoms with Gasteiger partial charge < -0.3 is 30.7 Å². The van der Waals surface area contributed by atoms with Crippen LogP contribution in [0.3, 0.4) is 0 Å². The lowest BCUT2D eigenvalue weighted by atomic mass is 9.97. The Hall–Kier alpha value is -4.10. The molecule has 14 heteroatoms. The highest BCUT2D eigenvalue weighted by molar-refractivity contribution is 6.11. The van der Waals surface area contributed by atoms with Crippen LogP contribution in [0.15, 0.2) is 30.3 Å². The number of benzene rings is 1. The number of alkyl carbamates (subject to hydrolysis) is 1. The number of carbonyl (C=O) groups excluding carboxylic acids is 5. The molecule has 12 nitrogen and oxygen atoms in total. The standard InChI is InChI=1S/C28H38F2N4O8/c1-16(2)21(33-26(41)42-27(3,4)5)24(39)34-13-9-12-19(34)23(38)32-18(14-17-10-7-6-8-11-17)22(37)28(29,30)25(40)31-15-20(35)36/h6-8,10-11,16,18-19,21H,9,12-15H2,1-5H3,(H,31,40)(H,32,38)(H,33,41)(H,35,36)/t18-,19-,21-/m0/s1. The molecule has 0 bridgehead atoms. The lowest BCUT2D eigenvalue weighted by Crippen LogP contribution is -2.59. The number of hydrogen-bond acceptors (Lipinski definition) is 7. The molecule has 2 rings (SSSR count). The first-order valence-electron chi connectivity index (χ1n) is 13.5. The Kier molecular flexibility index (Phi) is 11.5. The van der Waals surface area contributed by atoms with Gasteiger partial charge >= 0.3 is 18.0 Å². The fourth-order valence-electron chi connectivity index (χ4n) is 4.35. The van der Waals surface area contributed by atoms with Crippen LogP contribution in [0.2, 0.25) is 0 Å². The molecule has 1 aliphatic heterocycles. The number of hydrogen-bond donors (Lipinski definition) is 4. The van der Waals surface area contributed by atoms with E-state index in [0.717, 1.165) is 0 Å². The fraction of sp³-hybridized carbons (Fsp3) is 0.571. The molecular weight excluding hydrogens is 558 g/mol. The highest BCUT2D eigenvalue weighted by Crippen LogP contribution is 2.23. The number of carboxylic acid groups (broad SMARTS) is 1. The van der Waals surface area contributed by atoms with Crippen molar-refractivity contribution < 1.29 is 47.4 Å². The molecule has 4 N–H and O–H groups in total. The van der Waals surface area contributed by atoms with Crippen molar-refractivity contribution in [3.8, 4) is 0 Å². The van der Waals surface area contributed by atoms with Gasteiger partial charge in [0.1, 0.15) is 24.2 Å². The van der Waals surface area contributed by atoms with Crippen molar-refractivity contribution in [3.05, 3.63) is 35.9 Å². The number of nitrogens with zero attached hydrogens (tertiary/aromatic N) is 1. The first-order chi connectivity index (χ1) is 19.4. The van der Waals surface area contributed by atoms with E-state index in [4.69, 9.17) is 9.84 Å². The Morgan fingerprint density at radius 1 is 1.05 bits per heavy atom. The molecule has 0 unspecified atom stereocenters. The maximum absolute atomic E-state index is 14.9. The Morgan fingerprint density at radius 3 is 2.21 bits per heavy atom. The van der Waals surface area contributed by atoms with Gasteiger partial charge in [0, 0.05) is 13.0 Å². The molecule has 1 aliphatic rings. The topological polar surface area (TPSA) is 171 Å². The summed E-state index contributed by atoms with van der Waals surface area (Å²) >= 11 is 0. The van der Waals surface area contributed by atoms with Gasteiger partial charge in [0.2, 0.25) is 17.6 Å². The number of halogens is 2. The summed E-state index contributed by atoms with van der Waals surface area (Å²) in [5.41, 5.74) is -0.420. The van der Waals surface area contributed by atoms with Gasteiger partial charge in [0.05, 0.1) is 6.04 Å². The quantitative estimate of drug-likeness (QED) is 0.264. The number of ether oxygens (including phenoxy) is 1. The maximum atomic E-state index is 14.9.